The number of carbonyl (C=O) groups is 1. The van der Waals surface area contributed by atoms with Crippen molar-refractivity contribution in [3.05, 3.63) is 101 Å². The number of benzene rings is 3. The lowest BCUT2D eigenvalue weighted by atomic mass is 10.1. The van der Waals surface area contributed by atoms with E-state index in [4.69, 9.17) is 4.74 Å². The molecule has 1 unspecified atom stereocenters. The number of nitrogens with one attached hydrogen (secondary N) is 1. The van der Waals surface area contributed by atoms with E-state index in [1.807, 2.05) is 79.1 Å². The number of thiazole rings is 1. The number of aromatic nitrogens is 4. The van der Waals surface area contributed by atoms with Gasteiger partial charge in [-0.2, -0.15) is 0 Å². The molecular formula is C28H24FN5O2S2. The summed E-state index contributed by atoms with van der Waals surface area (Å²) in [6.07, 6.45) is -0.481. The molecule has 3 aromatic carbocycles. The Morgan fingerprint density at radius 2 is 1.71 bits per heavy atom. The zero-order chi connectivity index (χ0) is 26.5. The monoisotopic (exact) mass is 545 g/mol. The van der Waals surface area contributed by atoms with Crippen LogP contribution in [0.5, 0.6) is 5.75 Å². The highest BCUT2D eigenvalue weighted by molar-refractivity contribution is 7.99. The lowest BCUT2D eigenvalue weighted by molar-refractivity contribution is -0.113. The van der Waals surface area contributed by atoms with Crippen LogP contribution in [0.4, 0.5) is 9.52 Å². The molecule has 7 nitrogen and oxygen atoms in total. The maximum absolute atomic E-state index is 13.3. The molecule has 10 heteroatoms. The molecule has 0 saturated heterocycles. The normalized spacial score (nSPS) is 11.8. The topological polar surface area (TPSA) is 81.9 Å². The molecule has 1 atom stereocenters. The smallest absolute Gasteiger partial charge is 0.236 e. The molecule has 2 heterocycles. The minimum Gasteiger partial charge on any atom is -0.483 e. The summed E-state index contributed by atoms with van der Waals surface area (Å²) in [6, 6.07) is 25.3. The minimum atomic E-state index is -0.481. The van der Waals surface area contributed by atoms with E-state index in [9.17, 15) is 9.18 Å². The Bertz CT molecular complexity index is 1520. The number of hydrogen-bond donors (Lipinski definition) is 1. The maximum atomic E-state index is 13.3. The summed E-state index contributed by atoms with van der Waals surface area (Å²) in [6.45, 7) is 3.84. The Morgan fingerprint density at radius 1 is 1.03 bits per heavy atom. The largest absolute Gasteiger partial charge is 0.483 e. The van der Waals surface area contributed by atoms with Gasteiger partial charge in [0.1, 0.15) is 11.6 Å². The molecule has 0 aliphatic rings. The molecule has 0 aliphatic carbocycles. The first-order chi connectivity index (χ1) is 18.5. The van der Waals surface area contributed by atoms with Gasteiger partial charge in [-0.25, -0.2) is 9.37 Å². The van der Waals surface area contributed by atoms with Gasteiger partial charge in [-0.3, -0.25) is 9.36 Å². The van der Waals surface area contributed by atoms with Crippen LogP contribution in [0.2, 0.25) is 0 Å². The van der Waals surface area contributed by atoms with Crippen molar-refractivity contribution in [2.45, 2.75) is 25.1 Å². The number of halogens is 1. The lowest BCUT2D eigenvalue weighted by Gasteiger charge is -2.16. The molecule has 1 N–H and O–H groups in total. The zero-order valence-corrected chi connectivity index (χ0v) is 22.3. The van der Waals surface area contributed by atoms with Crippen LogP contribution < -0.4 is 10.1 Å². The highest BCUT2D eigenvalue weighted by Crippen LogP contribution is 2.31. The van der Waals surface area contributed by atoms with E-state index in [0.717, 1.165) is 21.8 Å². The van der Waals surface area contributed by atoms with E-state index in [1.165, 1.54) is 35.2 Å². The number of nitrogens with zero attached hydrogens (tertiary/aromatic N) is 4. The molecule has 5 aromatic rings. The molecule has 0 saturated carbocycles. The number of hydrogen-bond acceptors (Lipinski definition) is 7. The summed E-state index contributed by atoms with van der Waals surface area (Å²) in [5.74, 6) is 0.675. The first kappa shape index (κ1) is 25.6. The van der Waals surface area contributed by atoms with Crippen LogP contribution in [0.25, 0.3) is 16.9 Å². The van der Waals surface area contributed by atoms with E-state index in [0.29, 0.717) is 21.9 Å². The Hall–Kier alpha value is -4.02. The summed E-state index contributed by atoms with van der Waals surface area (Å²) in [4.78, 5) is 18.5. The van der Waals surface area contributed by atoms with Crippen molar-refractivity contribution in [2.75, 3.05) is 11.1 Å². The van der Waals surface area contributed by atoms with Gasteiger partial charge >= 0.3 is 0 Å². The fraction of sp³-hybridized carbons (Fsp3) is 0.143. The summed E-state index contributed by atoms with van der Waals surface area (Å²) in [7, 11) is 0. The second-order valence-electron chi connectivity index (χ2n) is 8.35. The standard InChI is InChI=1S/C28H24FN5O2S2/c1-18(36-23-15-13-21(29)14-16-23)26-32-33-28(34(26)22-11-7-4-8-12-22)37-17-24(35)30-27-31-25(19(2)38-27)20-9-5-3-6-10-20/h3-16,18H,17H2,1-2H3,(H,30,31,35). The molecule has 5 rings (SSSR count). The molecule has 192 valence electrons. The van der Waals surface area contributed by atoms with Gasteiger partial charge in [-0.05, 0) is 50.2 Å². The lowest BCUT2D eigenvalue weighted by Crippen LogP contribution is -2.15. The third kappa shape index (κ3) is 5.92. The number of carbonyl (C=O) groups excluding carboxylic acids is 1. The van der Waals surface area contributed by atoms with E-state index in [-0.39, 0.29) is 17.5 Å². The maximum Gasteiger partial charge on any atom is 0.236 e. The molecule has 38 heavy (non-hydrogen) atoms. The van der Waals surface area contributed by atoms with Crippen molar-refractivity contribution in [3.63, 3.8) is 0 Å². The summed E-state index contributed by atoms with van der Waals surface area (Å²) >= 11 is 2.72. The highest BCUT2D eigenvalue weighted by Gasteiger charge is 2.22. The van der Waals surface area contributed by atoms with E-state index < -0.39 is 6.10 Å². The predicted molar refractivity (Wildman–Crippen MR) is 148 cm³/mol. The number of rotatable bonds is 9. The average Bonchev–Trinajstić information content (AvgIpc) is 3.53. The van der Waals surface area contributed by atoms with Crippen LogP contribution in [-0.2, 0) is 4.79 Å². The van der Waals surface area contributed by atoms with Gasteiger partial charge in [0.25, 0.3) is 0 Å². The SMILES string of the molecule is Cc1sc(NC(=O)CSc2nnc(C(C)Oc3ccc(F)cc3)n2-c2ccccc2)nc1-c1ccccc1. The van der Waals surface area contributed by atoms with E-state index in [1.54, 1.807) is 12.1 Å². The van der Waals surface area contributed by atoms with Crippen LogP contribution in [0, 0.1) is 12.7 Å². The minimum absolute atomic E-state index is 0.122. The molecule has 2 aromatic heterocycles. The number of ether oxygens (including phenoxy) is 1. The van der Waals surface area contributed by atoms with Crippen molar-refractivity contribution in [2.24, 2.45) is 0 Å². The van der Waals surface area contributed by atoms with E-state index in [2.05, 4.69) is 20.5 Å². The van der Waals surface area contributed by atoms with Crippen molar-refractivity contribution in [1.82, 2.24) is 19.7 Å². The fourth-order valence-electron chi connectivity index (χ4n) is 3.83. The molecule has 0 radical (unpaired) electrons. The van der Waals surface area contributed by atoms with Crippen molar-refractivity contribution < 1.29 is 13.9 Å². The van der Waals surface area contributed by atoms with Gasteiger partial charge in [0.15, 0.2) is 22.2 Å². The Balaban J connectivity index is 1.31. The van der Waals surface area contributed by atoms with Gasteiger partial charge in [-0.1, -0.05) is 60.3 Å². The van der Waals surface area contributed by atoms with Gasteiger partial charge in [-0.15, -0.1) is 21.5 Å². The number of amides is 1. The number of anilines is 1. The highest BCUT2D eigenvalue weighted by atomic mass is 32.2. The second kappa shape index (κ2) is 11.6. The molecule has 0 aliphatic heterocycles. The Labute approximate surface area is 227 Å². The van der Waals surface area contributed by atoms with Crippen molar-refractivity contribution in [1.29, 1.82) is 0 Å². The third-order valence-corrected chi connectivity index (χ3v) is 7.40. The van der Waals surface area contributed by atoms with Crippen LogP contribution >= 0.6 is 23.1 Å². The van der Waals surface area contributed by atoms with Crippen LogP contribution in [0.3, 0.4) is 0 Å². The first-order valence-corrected chi connectivity index (χ1v) is 13.7. The van der Waals surface area contributed by atoms with E-state index >= 15 is 0 Å². The Kier molecular flexibility index (Phi) is 7.81. The Morgan fingerprint density at radius 3 is 2.42 bits per heavy atom. The third-order valence-electron chi connectivity index (χ3n) is 5.59. The van der Waals surface area contributed by atoms with Gasteiger partial charge in [0, 0.05) is 16.1 Å². The van der Waals surface area contributed by atoms with Crippen LogP contribution in [0.15, 0.2) is 90.1 Å². The fourth-order valence-corrected chi connectivity index (χ4v) is 5.44. The molecule has 0 spiro atoms. The van der Waals surface area contributed by atoms with Crippen LogP contribution in [0.1, 0.15) is 23.7 Å². The number of para-hydroxylation sites is 1. The average molecular weight is 546 g/mol. The summed E-state index contributed by atoms with van der Waals surface area (Å²) in [5.41, 5.74) is 2.71. The van der Waals surface area contributed by atoms with Gasteiger partial charge < -0.3 is 10.1 Å². The van der Waals surface area contributed by atoms with Crippen molar-refractivity contribution >= 4 is 34.1 Å². The molecule has 1 amide bonds. The summed E-state index contributed by atoms with van der Waals surface area (Å²) in [5, 5.41) is 12.7. The van der Waals surface area contributed by atoms with Crippen molar-refractivity contribution in [3.8, 4) is 22.7 Å². The molecule has 0 bridgehead atoms. The van der Waals surface area contributed by atoms with Crippen LogP contribution in [-0.4, -0.2) is 31.4 Å². The van der Waals surface area contributed by atoms with Gasteiger partial charge in [0.2, 0.25) is 5.91 Å². The molecule has 0 fully saturated rings. The summed E-state index contributed by atoms with van der Waals surface area (Å²) < 4.78 is 21.2. The number of aryl methyl sites for hydroxylation is 1. The molecular weight excluding hydrogens is 521 g/mol. The second-order valence-corrected chi connectivity index (χ2v) is 10.5. The number of thioether (sulfide) groups is 1. The first-order valence-electron chi connectivity index (χ1n) is 11.9. The quantitative estimate of drug-likeness (QED) is 0.207. The predicted octanol–water partition coefficient (Wildman–Crippen LogP) is 6.71. The van der Waals surface area contributed by atoms with Gasteiger partial charge in [0.05, 0.1) is 11.4 Å². The zero-order valence-electron chi connectivity index (χ0n) is 20.7.